The van der Waals surface area contributed by atoms with Crippen LogP contribution in [0.1, 0.15) is 24.8 Å². The molecule has 0 saturated carbocycles. The van der Waals surface area contributed by atoms with Gasteiger partial charge in [0.15, 0.2) is 0 Å². The van der Waals surface area contributed by atoms with Gasteiger partial charge in [0.1, 0.15) is 5.82 Å². The van der Waals surface area contributed by atoms with Crippen LogP contribution in [0.15, 0.2) is 42.6 Å². The molecule has 0 radical (unpaired) electrons. The predicted molar refractivity (Wildman–Crippen MR) is 114 cm³/mol. The number of piperidine rings is 1. The number of ether oxygens (including phenoxy) is 1. The van der Waals surface area contributed by atoms with E-state index in [0.717, 1.165) is 63.6 Å². The first-order valence-corrected chi connectivity index (χ1v) is 10.4. The Bertz CT molecular complexity index is 788. The summed E-state index contributed by atoms with van der Waals surface area (Å²) >= 11 is 0. The zero-order chi connectivity index (χ0) is 21.4. The van der Waals surface area contributed by atoms with Crippen molar-refractivity contribution in [2.75, 3.05) is 54.9 Å². The van der Waals surface area contributed by atoms with Crippen molar-refractivity contribution < 1.29 is 17.9 Å². The predicted octanol–water partition coefficient (Wildman–Crippen LogP) is 4.28. The summed E-state index contributed by atoms with van der Waals surface area (Å²) in [6.07, 6.45) is 0.251. The Kier molecular flexibility index (Phi) is 7.79. The molecule has 0 bridgehead atoms. The van der Waals surface area contributed by atoms with Crippen LogP contribution in [0.5, 0.6) is 0 Å². The molecule has 0 atom stereocenters. The highest BCUT2D eigenvalue weighted by molar-refractivity contribution is 5.52. The number of alkyl halides is 3. The van der Waals surface area contributed by atoms with Crippen LogP contribution in [0.2, 0.25) is 0 Å². The van der Waals surface area contributed by atoms with Gasteiger partial charge in [-0.2, -0.15) is 13.2 Å². The van der Waals surface area contributed by atoms with Crippen LogP contribution < -0.4 is 15.5 Å². The van der Waals surface area contributed by atoms with E-state index in [9.17, 15) is 13.2 Å². The van der Waals surface area contributed by atoms with Crippen LogP contribution >= 0.6 is 0 Å². The fraction of sp³-hybridized carbons (Fsp3) is 0.500. The number of pyridine rings is 1. The summed E-state index contributed by atoms with van der Waals surface area (Å²) in [6, 6.07) is 10.7. The molecule has 164 valence electrons. The third-order valence-electron chi connectivity index (χ3n) is 5.18. The highest BCUT2D eigenvalue weighted by Crippen LogP contribution is 2.25. The van der Waals surface area contributed by atoms with E-state index in [1.807, 2.05) is 18.2 Å². The van der Waals surface area contributed by atoms with Gasteiger partial charge >= 0.3 is 6.18 Å². The van der Waals surface area contributed by atoms with Crippen molar-refractivity contribution in [2.24, 2.45) is 0 Å². The lowest BCUT2D eigenvalue weighted by Gasteiger charge is -2.29. The molecule has 2 aliphatic rings. The summed E-state index contributed by atoms with van der Waals surface area (Å²) in [5.74, 6) is 0.573. The molecule has 1 aromatic heterocycles. The smallest absolute Gasteiger partial charge is 0.384 e. The van der Waals surface area contributed by atoms with Crippen molar-refractivity contribution in [3.63, 3.8) is 0 Å². The summed E-state index contributed by atoms with van der Waals surface area (Å²) < 4.78 is 42.2. The molecule has 2 aliphatic heterocycles. The lowest BCUT2D eigenvalue weighted by Crippen LogP contribution is -2.36. The molecule has 30 heavy (non-hydrogen) atoms. The molecule has 8 heteroatoms. The van der Waals surface area contributed by atoms with Crippen molar-refractivity contribution >= 4 is 17.2 Å². The normalized spacial score (nSPS) is 17.3. The second-order valence-electron chi connectivity index (χ2n) is 7.55. The Balaban J connectivity index is 0.000000177. The van der Waals surface area contributed by atoms with Gasteiger partial charge in [-0.3, -0.25) is 0 Å². The number of halogens is 3. The minimum Gasteiger partial charge on any atom is -0.384 e. The first-order valence-electron chi connectivity index (χ1n) is 10.4. The van der Waals surface area contributed by atoms with E-state index in [0.29, 0.717) is 11.4 Å². The minimum atomic E-state index is -4.12. The fourth-order valence-electron chi connectivity index (χ4n) is 3.70. The number of nitrogen functional groups attached to an aromatic ring is 1. The number of nitrogens with zero attached hydrogens (tertiary/aromatic N) is 3. The fourth-order valence-corrected chi connectivity index (χ4v) is 3.70. The number of nitrogens with two attached hydrogens (primary N) is 1. The van der Waals surface area contributed by atoms with Crippen molar-refractivity contribution in [3.8, 4) is 0 Å². The standard InChI is InChI=1S/C13H16F3N.C9H13N3O/c14-13(15,16)10-11-5-4-6-12(9-11)17-7-2-1-3-8-17;10-9-7-8(1-2-11-9)12-3-5-13-6-4-12/h4-6,9H,1-3,7-8,10H2;1-2,7H,3-6H2,(H2,10,11). The number of hydrogen-bond acceptors (Lipinski definition) is 5. The first-order chi connectivity index (χ1) is 14.4. The largest absolute Gasteiger partial charge is 0.393 e. The summed E-state index contributed by atoms with van der Waals surface area (Å²) in [5, 5.41) is 0. The van der Waals surface area contributed by atoms with Crippen LogP contribution in [-0.4, -0.2) is 50.6 Å². The molecular formula is C22H29F3N4O. The molecule has 0 aliphatic carbocycles. The maximum Gasteiger partial charge on any atom is 0.393 e. The van der Waals surface area contributed by atoms with Gasteiger partial charge in [0, 0.05) is 49.8 Å². The second-order valence-corrected chi connectivity index (χ2v) is 7.55. The number of benzene rings is 1. The monoisotopic (exact) mass is 422 g/mol. The second kappa shape index (κ2) is 10.5. The van der Waals surface area contributed by atoms with Crippen LogP contribution in [0, 0.1) is 0 Å². The molecule has 2 N–H and O–H groups in total. The van der Waals surface area contributed by atoms with E-state index in [1.54, 1.807) is 24.4 Å². The summed E-state index contributed by atoms with van der Waals surface area (Å²) in [7, 11) is 0. The Morgan fingerprint density at radius 1 is 0.900 bits per heavy atom. The van der Waals surface area contributed by atoms with Crippen LogP contribution in [-0.2, 0) is 11.2 Å². The maximum atomic E-state index is 12.3. The SMILES string of the molecule is FC(F)(F)Cc1cccc(N2CCCCC2)c1.Nc1cc(N2CCOCC2)ccn1. The molecule has 0 spiro atoms. The number of rotatable bonds is 3. The molecule has 5 nitrogen and oxygen atoms in total. The highest BCUT2D eigenvalue weighted by Gasteiger charge is 2.27. The summed E-state index contributed by atoms with van der Waals surface area (Å²) in [5.41, 5.74) is 8.00. The average Bonchev–Trinajstić information content (AvgIpc) is 2.75. The minimum absolute atomic E-state index is 0.348. The van der Waals surface area contributed by atoms with Crippen LogP contribution in [0.3, 0.4) is 0 Å². The molecule has 2 fully saturated rings. The Morgan fingerprint density at radius 2 is 1.57 bits per heavy atom. The Labute approximate surface area is 175 Å². The molecule has 0 unspecified atom stereocenters. The molecule has 2 aromatic rings. The van der Waals surface area contributed by atoms with Crippen molar-refractivity contribution in [1.29, 1.82) is 0 Å². The van der Waals surface area contributed by atoms with E-state index in [2.05, 4.69) is 14.8 Å². The Morgan fingerprint density at radius 3 is 2.23 bits per heavy atom. The summed E-state index contributed by atoms with van der Waals surface area (Å²) in [6.45, 7) is 5.36. The van der Waals surface area contributed by atoms with Gasteiger partial charge in [-0.1, -0.05) is 12.1 Å². The average molecular weight is 422 g/mol. The molecule has 4 rings (SSSR count). The third-order valence-corrected chi connectivity index (χ3v) is 5.18. The number of hydrogen-bond donors (Lipinski definition) is 1. The van der Waals surface area contributed by atoms with Gasteiger partial charge < -0.3 is 20.3 Å². The summed E-state index contributed by atoms with van der Waals surface area (Å²) in [4.78, 5) is 8.38. The maximum absolute atomic E-state index is 12.3. The van der Waals surface area contributed by atoms with Crippen molar-refractivity contribution in [3.05, 3.63) is 48.2 Å². The molecular weight excluding hydrogens is 393 g/mol. The van der Waals surface area contributed by atoms with Gasteiger partial charge in [-0.05, 0) is 43.0 Å². The van der Waals surface area contributed by atoms with Gasteiger partial charge in [0.05, 0.1) is 19.6 Å². The highest BCUT2D eigenvalue weighted by atomic mass is 19.4. The van der Waals surface area contributed by atoms with Crippen molar-refractivity contribution in [1.82, 2.24) is 4.98 Å². The topological polar surface area (TPSA) is 54.6 Å². The molecule has 2 saturated heterocycles. The van der Waals surface area contributed by atoms with E-state index in [-0.39, 0.29) is 0 Å². The van der Waals surface area contributed by atoms with Gasteiger partial charge in [-0.25, -0.2) is 4.98 Å². The zero-order valence-electron chi connectivity index (χ0n) is 17.1. The molecule has 3 heterocycles. The number of morpholine rings is 1. The lowest BCUT2D eigenvalue weighted by atomic mass is 10.1. The quantitative estimate of drug-likeness (QED) is 0.800. The number of anilines is 3. The van der Waals surface area contributed by atoms with Gasteiger partial charge in [0.25, 0.3) is 0 Å². The molecule has 1 aromatic carbocycles. The third kappa shape index (κ3) is 7.09. The van der Waals surface area contributed by atoms with E-state index >= 15 is 0 Å². The van der Waals surface area contributed by atoms with Crippen molar-refractivity contribution in [2.45, 2.75) is 31.9 Å². The van der Waals surface area contributed by atoms with E-state index < -0.39 is 12.6 Å². The first kappa shape index (κ1) is 22.2. The van der Waals surface area contributed by atoms with Gasteiger partial charge in [-0.15, -0.1) is 0 Å². The Hall–Kier alpha value is -2.48. The number of aromatic nitrogens is 1. The zero-order valence-corrected chi connectivity index (χ0v) is 17.1. The van der Waals surface area contributed by atoms with E-state index in [4.69, 9.17) is 10.5 Å². The lowest BCUT2D eigenvalue weighted by molar-refractivity contribution is -0.127. The molecule has 0 amide bonds. The van der Waals surface area contributed by atoms with E-state index in [1.165, 1.54) is 6.42 Å². The van der Waals surface area contributed by atoms with Crippen LogP contribution in [0.25, 0.3) is 0 Å². The van der Waals surface area contributed by atoms with Gasteiger partial charge in [0.2, 0.25) is 0 Å². The van der Waals surface area contributed by atoms with Crippen LogP contribution in [0.4, 0.5) is 30.4 Å².